The fourth-order valence-corrected chi connectivity index (χ4v) is 2.03. The average molecular weight is 364 g/mol. The van der Waals surface area contributed by atoms with Gasteiger partial charge in [0.05, 0.1) is 0 Å². The first kappa shape index (κ1) is 17.0. The van der Waals surface area contributed by atoms with Gasteiger partial charge in [0.1, 0.15) is 18.1 Å². The Morgan fingerprint density at radius 3 is 2.45 bits per heavy atom. The number of aromatic hydroxyl groups is 1. The number of carbonyl (C=O) groups excluding carboxylic acids is 1. The van der Waals surface area contributed by atoms with Crippen LogP contribution in [0.4, 0.5) is 0 Å². The minimum absolute atomic E-state index is 0.134. The molecule has 0 aromatic heterocycles. The number of hydrogen-bond acceptors (Lipinski definition) is 4. The number of phenols is 1. The molecular weight excluding hydrogens is 351 g/mol. The number of ether oxygens (including phenoxy) is 2. The number of halogens is 3. The predicted molar refractivity (Wildman–Crippen MR) is 87.0 cm³/mol. The van der Waals surface area contributed by atoms with Gasteiger partial charge in [0.2, 0.25) is 3.79 Å². The number of hydrogen-bond donors (Lipinski definition) is 1. The highest BCUT2D eigenvalue weighted by atomic mass is 35.6. The zero-order valence-corrected chi connectivity index (χ0v) is 13.8. The highest BCUT2D eigenvalue weighted by Crippen LogP contribution is 2.33. The van der Waals surface area contributed by atoms with Gasteiger partial charge in [-0.2, -0.15) is 0 Å². The van der Waals surface area contributed by atoms with E-state index < -0.39 is 15.9 Å². The number of carbonyl (C=O) groups is 1. The van der Waals surface area contributed by atoms with Crippen molar-refractivity contribution in [2.24, 2.45) is 0 Å². The van der Waals surface area contributed by atoms with Crippen molar-refractivity contribution in [1.29, 1.82) is 0 Å². The molecule has 1 N–H and O–H groups in total. The maximum absolute atomic E-state index is 11.8. The lowest BCUT2D eigenvalue weighted by molar-refractivity contribution is -0.150. The fourth-order valence-electron chi connectivity index (χ4n) is 1.87. The molecule has 0 saturated heterocycles. The summed E-state index contributed by atoms with van der Waals surface area (Å²) in [6, 6.07) is 10.2. The summed E-state index contributed by atoms with van der Waals surface area (Å²) in [6.07, 6.45) is -0.889. The Labute approximate surface area is 142 Å². The second-order valence-corrected chi connectivity index (χ2v) is 7.13. The fraction of sp³-hybridized carbons (Fsp3) is 0.267. The topological polar surface area (TPSA) is 55.8 Å². The Kier molecular flexibility index (Phi) is 5.27. The van der Waals surface area contributed by atoms with Crippen molar-refractivity contribution >= 4 is 51.5 Å². The molecule has 118 valence electrons. The van der Waals surface area contributed by atoms with Crippen LogP contribution >= 0.6 is 34.8 Å². The van der Waals surface area contributed by atoms with E-state index in [4.69, 9.17) is 44.3 Å². The third-order valence-electron chi connectivity index (χ3n) is 2.87. The van der Waals surface area contributed by atoms with E-state index in [-0.39, 0.29) is 12.4 Å². The summed E-state index contributed by atoms with van der Waals surface area (Å²) in [5.74, 6) is -0.0652. The van der Waals surface area contributed by atoms with E-state index in [2.05, 4.69) is 0 Å². The Bertz CT molecular complexity index is 682. The summed E-state index contributed by atoms with van der Waals surface area (Å²) in [4.78, 5) is 11.8. The second-order valence-electron chi connectivity index (χ2n) is 4.61. The smallest absolute Gasteiger partial charge is 0.347 e. The summed E-state index contributed by atoms with van der Waals surface area (Å²) in [6.45, 7) is 1.17. The van der Waals surface area contributed by atoms with Crippen LogP contribution in [-0.4, -0.2) is 27.6 Å². The molecule has 0 amide bonds. The van der Waals surface area contributed by atoms with Gasteiger partial charge < -0.3 is 14.6 Å². The van der Waals surface area contributed by atoms with Crippen LogP contribution in [0, 0.1) is 0 Å². The van der Waals surface area contributed by atoms with Crippen LogP contribution in [0.15, 0.2) is 36.4 Å². The Hall–Kier alpha value is -1.36. The number of alkyl halides is 3. The largest absolute Gasteiger partial charge is 0.507 e. The number of benzene rings is 2. The minimum Gasteiger partial charge on any atom is -0.507 e. The van der Waals surface area contributed by atoms with Crippen LogP contribution in [0.1, 0.15) is 6.92 Å². The van der Waals surface area contributed by atoms with E-state index >= 15 is 0 Å². The highest BCUT2D eigenvalue weighted by molar-refractivity contribution is 6.67. The Balaban J connectivity index is 2.14. The van der Waals surface area contributed by atoms with E-state index in [1.807, 2.05) is 0 Å². The van der Waals surface area contributed by atoms with Gasteiger partial charge in [-0.25, -0.2) is 4.79 Å². The third-order valence-corrected chi connectivity index (χ3v) is 3.20. The second kappa shape index (κ2) is 6.82. The quantitative estimate of drug-likeness (QED) is 0.652. The Morgan fingerprint density at radius 1 is 1.18 bits per heavy atom. The summed E-state index contributed by atoms with van der Waals surface area (Å²) in [7, 11) is 0. The van der Waals surface area contributed by atoms with E-state index in [1.54, 1.807) is 30.3 Å². The molecule has 0 bridgehead atoms. The molecule has 0 aliphatic rings. The molecule has 7 heteroatoms. The standard InChI is InChI=1S/C15H13Cl3O4/c1-9(14(20)21-8-15(16,17)18)22-13-7-6-12(19)10-4-2-3-5-11(10)13/h2-7,9,19H,8H2,1H3. The van der Waals surface area contributed by atoms with Crippen LogP contribution in [0.25, 0.3) is 10.8 Å². The summed E-state index contributed by atoms with van der Waals surface area (Å²) >= 11 is 16.6. The van der Waals surface area contributed by atoms with Gasteiger partial charge in [-0.05, 0) is 19.1 Å². The lowest BCUT2D eigenvalue weighted by atomic mass is 10.1. The van der Waals surface area contributed by atoms with E-state index in [9.17, 15) is 9.90 Å². The average Bonchev–Trinajstić information content (AvgIpc) is 2.47. The molecule has 0 aliphatic carbocycles. The molecule has 0 saturated carbocycles. The molecular formula is C15H13Cl3O4. The lowest BCUT2D eigenvalue weighted by Crippen LogP contribution is -2.29. The molecule has 2 rings (SSSR count). The van der Waals surface area contributed by atoms with Crippen LogP contribution in [0.2, 0.25) is 0 Å². The van der Waals surface area contributed by atoms with Crippen molar-refractivity contribution in [2.45, 2.75) is 16.8 Å². The summed E-state index contributed by atoms with van der Waals surface area (Å²) in [5, 5.41) is 11.1. The summed E-state index contributed by atoms with van der Waals surface area (Å²) < 4.78 is 8.80. The molecule has 22 heavy (non-hydrogen) atoms. The maximum Gasteiger partial charge on any atom is 0.347 e. The van der Waals surface area contributed by atoms with Crippen LogP contribution < -0.4 is 4.74 Å². The van der Waals surface area contributed by atoms with Gasteiger partial charge in [-0.15, -0.1) is 0 Å². The molecule has 1 unspecified atom stereocenters. The van der Waals surface area contributed by atoms with Crippen LogP contribution in [0.5, 0.6) is 11.5 Å². The first-order chi connectivity index (χ1) is 10.3. The number of fused-ring (bicyclic) bond motifs is 1. The molecule has 2 aromatic rings. The minimum atomic E-state index is -1.67. The molecule has 1 atom stereocenters. The molecule has 4 nitrogen and oxygen atoms in total. The number of phenolic OH excluding ortho intramolecular Hbond substituents is 1. The highest BCUT2D eigenvalue weighted by Gasteiger charge is 2.25. The number of rotatable bonds is 4. The van der Waals surface area contributed by atoms with Gasteiger partial charge in [-0.3, -0.25) is 0 Å². The van der Waals surface area contributed by atoms with Gasteiger partial charge in [-0.1, -0.05) is 59.1 Å². The monoisotopic (exact) mass is 362 g/mol. The zero-order valence-electron chi connectivity index (χ0n) is 11.6. The van der Waals surface area contributed by atoms with Crippen LogP contribution in [0.3, 0.4) is 0 Å². The third kappa shape index (κ3) is 4.32. The Morgan fingerprint density at radius 2 is 1.82 bits per heavy atom. The van der Waals surface area contributed by atoms with Crippen molar-refractivity contribution in [3.63, 3.8) is 0 Å². The summed E-state index contributed by atoms with van der Waals surface area (Å²) in [5.41, 5.74) is 0. The van der Waals surface area contributed by atoms with Gasteiger partial charge in [0, 0.05) is 10.8 Å². The molecule has 0 fully saturated rings. The predicted octanol–water partition coefficient (Wildman–Crippen LogP) is 4.23. The van der Waals surface area contributed by atoms with Gasteiger partial charge >= 0.3 is 5.97 Å². The van der Waals surface area contributed by atoms with E-state index in [1.165, 1.54) is 13.0 Å². The van der Waals surface area contributed by atoms with E-state index in [0.717, 1.165) is 0 Å². The molecule has 0 aliphatic heterocycles. The normalized spacial score (nSPS) is 12.9. The van der Waals surface area contributed by atoms with Gasteiger partial charge in [0.15, 0.2) is 6.10 Å². The molecule has 0 spiro atoms. The van der Waals surface area contributed by atoms with Crippen molar-refractivity contribution in [3.8, 4) is 11.5 Å². The molecule has 0 heterocycles. The van der Waals surface area contributed by atoms with Crippen molar-refractivity contribution in [1.82, 2.24) is 0 Å². The van der Waals surface area contributed by atoms with Crippen molar-refractivity contribution in [2.75, 3.05) is 6.61 Å². The first-order valence-electron chi connectivity index (χ1n) is 6.38. The van der Waals surface area contributed by atoms with Crippen molar-refractivity contribution < 1.29 is 19.4 Å². The van der Waals surface area contributed by atoms with E-state index in [0.29, 0.717) is 16.5 Å². The van der Waals surface area contributed by atoms with Crippen LogP contribution in [-0.2, 0) is 9.53 Å². The SMILES string of the molecule is CC(Oc1ccc(O)c2ccccc12)C(=O)OCC(Cl)(Cl)Cl. The van der Waals surface area contributed by atoms with Crippen molar-refractivity contribution in [3.05, 3.63) is 36.4 Å². The number of esters is 1. The molecule has 2 aromatic carbocycles. The zero-order chi connectivity index (χ0) is 16.3. The molecule has 0 radical (unpaired) electrons. The van der Waals surface area contributed by atoms with Gasteiger partial charge in [0.25, 0.3) is 0 Å². The first-order valence-corrected chi connectivity index (χ1v) is 7.52. The lowest BCUT2D eigenvalue weighted by Gasteiger charge is -2.17. The maximum atomic E-state index is 11.8.